The number of piperidine rings is 1. The van der Waals surface area contributed by atoms with E-state index in [-0.39, 0.29) is 0 Å². The fourth-order valence-electron chi connectivity index (χ4n) is 2.78. The average Bonchev–Trinajstić information content (AvgIpc) is 2.66. The molecule has 3 fully saturated rings. The van der Waals surface area contributed by atoms with E-state index in [1.54, 1.807) is 0 Å². The van der Waals surface area contributed by atoms with Crippen LogP contribution in [0.5, 0.6) is 0 Å². The molecule has 62 valence electrons. The summed E-state index contributed by atoms with van der Waals surface area (Å²) in [7, 11) is 2.21. The van der Waals surface area contributed by atoms with Crippen molar-refractivity contribution in [3.05, 3.63) is 0 Å². The summed E-state index contributed by atoms with van der Waals surface area (Å²) in [5.41, 5.74) is 5.92. The normalized spacial score (nSPS) is 61.1. The molecule has 0 radical (unpaired) electrons. The molecule has 0 aliphatic carbocycles. The zero-order chi connectivity index (χ0) is 7.59. The highest BCUT2D eigenvalue weighted by molar-refractivity contribution is 5.14. The first-order chi connectivity index (χ1) is 5.27. The topological polar surface area (TPSA) is 41.8 Å². The highest BCUT2D eigenvalue weighted by Gasteiger charge is 2.61. The minimum atomic E-state index is 0.428. The Morgan fingerprint density at radius 2 is 1.82 bits per heavy atom. The molecule has 0 saturated carbocycles. The quantitative estimate of drug-likeness (QED) is 0.481. The Labute approximate surface area is 66.5 Å². The van der Waals surface area contributed by atoms with E-state index in [0.29, 0.717) is 30.3 Å². The van der Waals surface area contributed by atoms with Gasteiger partial charge in [0, 0.05) is 18.1 Å². The van der Waals surface area contributed by atoms with E-state index < -0.39 is 0 Å². The van der Waals surface area contributed by atoms with Crippen LogP contribution in [0, 0.1) is 0 Å². The molecule has 0 amide bonds. The van der Waals surface area contributed by atoms with Gasteiger partial charge in [-0.05, 0) is 19.9 Å². The minimum Gasteiger partial charge on any atom is -0.366 e. The lowest BCUT2D eigenvalue weighted by atomic mass is 9.98. The molecule has 3 aliphatic heterocycles. The summed E-state index contributed by atoms with van der Waals surface area (Å²) in [6.07, 6.45) is 3.35. The van der Waals surface area contributed by atoms with Crippen molar-refractivity contribution >= 4 is 0 Å². The van der Waals surface area contributed by atoms with Crippen LogP contribution in [-0.2, 0) is 4.74 Å². The predicted octanol–water partition coefficient (Wildman–Crippen LogP) is -0.442. The van der Waals surface area contributed by atoms with Crippen LogP contribution in [0.1, 0.15) is 12.8 Å². The number of hydrogen-bond acceptors (Lipinski definition) is 3. The SMILES string of the molecule is CN1C2CC(N)CC1C1OC12. The number of nitrogens with zero attached hydrogens (tertiary/aromatic N) is 1. The highest BCUT2D eigenvalue weighted by atomic mass is 16.6. The molecule has 11 heavy (non-hydrogen) atoms. The van der Waals surface area contributed by atoms with Crippen LogP contribution in [-0.4, -0.2) is 42.3 Å². The molecule has 3 aliphatic rings. The Hall–Kier alpha value is -0.120. The maximum absolute atomic E-state index is 5.92. The summed E-state index contributed by atoms with van der Waals surface area (Å²) in [4.78, 5) is 2.46. The van der Waals surface area contributed by atoms with E-state index >= 15 is 0 Å². The number of likely N-dealkylation sites (N-methyl/N-ethyl adjacent to an activating group) is 1. The molecule has 0 aromatic carbocycles. The molecular formula is C8H14N2O. The zero-order valence-electron chi connectivity index (χ0n) is 6.73. The Kier molecular flexibility index (Phi) is 1.04. The fraction of sp³-hybridized carbons (Fsp3) is 1.00. The van der Waals surface area contributed by atoms with Crippen molar-refractivity contribution in [2.75, 3.05) is 7.05 Å². The third kappa shape index (κ3) is 0.687. The van der Waals surface area contributed by atoms with Crippen LogP contribution in [0.25, 0.3) is 0 Å². The molecule has 0 aromatic rings. The lowest BCUT2D eigenvalue weighted by Crippen LogP contribution is -2.49. The second kappa shape index (κ2) is 1.79. The molecule has 4 unspecified atom stereocenters. The van der Waals surface area contributed by atoms with Gasteiger partial charge in [-0.1, -0.05) is 0 Å². The lowest BCUT2D eigenvalue weighted by molar-refractivity contribution is 0.0663. The van der Waals surface area contributed by atoms with Crippen molar-refractivity contribution in [1.29, 1.82) is 0 Å². The molecule has 3 nitrogen and oxygen atoms in total. The number of rotatable bonds is 0. The smallest absolute Gasteiger partial charge is 0.101 e. The van der Waals surface area contributed by atoms with Gasteiger partial charge in [0.2, 0.25) is 0 Å². The summed E-state index contributed by atoms with van der Waals surface area (Å²) in [6, 6.07) is 1.69. The monoisotopic (exact) mass is 154 g/mol. The van der Waals surface area contributed by atoms with Crippen molar-refractivity contribution in [3.63, 3.8) is 0 Å². The third-order valence-corrected chi connectivity index (χ3v) is 3.45. The molecule has 0 aromatic heterocycles. The standard InChI is InChI=1S/C8H14N2O/c1-10-5-2-4(9)3-6(10)8-7(5)11-8/h4-8H,2-3,9H2,1H3. The van der Waals surface area contributed by atoms with Gasteiger partial charge in [0.15, 0.2) is 0 Å². The zero-order valence-corrected chi connectivity index (χ0v) is 6.73. The molecule has 2 bridgehead atoms. The van der Waals surface area contributed by atoms with E-state index in [1.165, 1.54) is 0 Å². The first-order valence-corrected chi connectivity index (χ1v) is 4.40. The summed E-state index contributed by atoms with van der Waals surface area (Å²) < 4.78 is 5.54. The van der Waals surface area contributed by atoms with E-state index in [2.05, 4.69) is 11.9 Å². The van der Waals surface area contributed by atoms with Gasteiger partial charge in [0.25, 0.3) is 0 Å². The van der Waals surface area contributed by atoms with Crippen LogP contribution < -0.4 is 5.73 Å². The second-order valence-electron chi connectivity index (χ2n) is 4.10. The maximum atomic E-state index is 5.92. The average molecular weight is 154 g/mol. The van der Waals surface area contributed by atoms with E-state index in [0.717, 1.165) is 12.8 Å². The van der Waals surface area contributed by atoms with E-state index in [9.17, 15) is 0 Å². The summed E-state index contributed by atoms with van der Waals surface area (Å²) in [6.45, 7) is 0. The van der Waals surface area contributed by atoms with Crippen LogP contribution in [0.4, 0.5) is 0 Å². The largest absolute Gasteiger partial charge is 0.366 e. The third-order valence-electron chi connectivity index (χ3n) is 3.45. The summed E-state index contributed by atoms with van der Waals surface area (Å²) in [5.74, 6) is 0. The van der Waals surface area contributed by atoms with Crippen LogP contribution in [0.2, 0.25) is 0 Å². The summed E-state index contributed by atoms with van der Waals surface area (Å²) in [5, 5.41) is 0. The number of epoxide rings is 1. The predicted molar refractivity (Wildman–Crippen MR) is 41.2 cm³/mol. The molecular weight excluding hydrogens is 140 g/mol. The van der Waals surface area contributed by atoms with Crippen LogP contribution >= 0.6 is 0 Å². The number of morpholine rings is 1. The van der Waals surface area contributed by atoms with Crippen molar-refractivity contribution < 1.29 is 4.74 Å². The van der Waals surface area contributed by atoms with Crippen molar-refractivity contribution in [3.8, 4) is 0 Å². The molecule has 2 N–H and O–H groups in total. The second-order valence-corrected chi connectivity index (χ2v) is 4.10. The van der Waals surface area contributed by atoms with Gasteiger partial charge in [0.1, 0.15) is 12.2 Å². The molecule has 3 heteroatoms. The first-order valence-electron chi connectivity index (χ1n) is 4.40. The highest BCUT2D eigenvalue weighted by Crippen LogP contribution is 2.46. The van der Waals surface area contributed by atoms with Gasteiger partial charge < -0.3 is 10.5 Å². The molecule has 0 spiro atoms. The first kappa shape index (κ1) is 6.40. The van der Waals surface area contributed by atoms with Crippen LogP contribution in [0.3, 0.4) is 0 Å². The Bertz CT molecular complexity index is 179. The van der Waals surface area contributed by atoms with Gasteiger partial charge in [-0.3, -0.25) is 4.90 Å². The number of hydrogen-bond donors (Lipinski definition) is 1. The number of ether oxygens (including phenoxy) is 1. The molecule has 3 saturated heterocycles. The Morgan fingerprint density at radius 3 is 2.36 bits per heavy atom. The minimum absolute atomic E-state index is 0.428. The number of fused-ring (bicyclic) bond motifs is 5. The van der Waals surface area contributed by atoms with Gasteiger partial charge in [-0.2, -0.15) is 0 Å². The molecule has 4 atom stereocenters. The van der Waals surface area contributed by atoms with Crippen molar-refractivity contribution in [1.82, 2.24) is 4.90 Å². The van der Waals surface area contributed by atoms with E-state index in [4.69, 9.17) is 10.5 Å². The number of nitrogens with two attached hydrogens (primary N) is 1. The van der Waals surface area contributed by atoms with Gasteiger partial charge >= 0.3 is 0 Å². The van der Waals surface area contributed by atoms with E-state index in [1.807, 2.05) is 0 Å². The van der Waals surface area contributed by atoms with Crippen LogP contribution in [0.15, 0.2) is 0 Å². The molecule has 3 heterocycles. The molecule has 3 rings (SSSR count). The van der Waals surface area contributed by atoms with Gasteiger partial charge in [-0.15, -0.1) is 0 Å². The van der Waals surface area contributed by atoms with Crippen molar-refractivity contribution in [2.24, 2.45) is 5.73 Å². The van der Waals surface area contributed by atoms with Gasteiger partial charge in [-0.25, -0.2) is 0 Å². The van der Waals surface area contributed by atoms with Gasteiger partial charge in [0.05, 0.1) is 0 Å². The fourth-order valence-corrected chi connectivity index (χ4v) is 2.78. The summed E-state index contributed by atoms with van der Waals surface area (Å²) >= 11 is 0. The Balaban J connectivity index is 1.90. The lowest BCUT2D eigenvalue weighted by Gasteiger charge is -2.36. The Morgan fingerprint density at radius 1 is 1.27 bits per heavy atom. The van der Waals surface area contributed by atoms with Crippen molar-refractivity contribution in [2.45, 2.75) is 43.2 Å². The maximum Gasteiger partial charge on any atom is 0.101 e.